The second kappa shape index (κ2) is 8.64. The quantitative estimate of drug-likeness (QED) is 0.393. The number of phenolic OH excluding ortho intramolecular Hbond substituents is 1. The Labute approximate surface area is 162 Å². The summed E-state index contributed by atoms with van der Waals surface area (Å²) in [6.45, 7) is 0.300. The lowest BCUT2D eigenvalue weighted by Crippen LogP contribution is -2.23. The van der Waals surface area contributed by atoms with Crippen molar-refractivity contribution in [3.63, 3.8) is 0 Å². The zero-order chi connectivity index (χ0) is 19.9. The van der Waals surface area contributed by atoms with Gasteiger partial charge < -0.3 is 16.2 Å². The number of pyridine rings is 1. The molecule has 0 fully saturated rings. The summed E-state index contributed by atoms with van der Waals surface area (Å²) in [5.41, 5.74) is 9.13. The Hall–Kier alpha value is -3.93. The fraction of sp³-hybridized carbons (Fsp3) is 0.0455. The van der Waals surface area contributed by atoms with E-state index in [0.717, 1.165) is 11.1 Å². The first-order valence-corrected chi connectivity index (χ1v) is 8.67. The number of nitrogens with one attached hydrogen (secondary N) is 2. The molecule has 3 aromatic rings. The molecule has 0 saturated heterocycles. The van der Waals surface area contributed by atoms with E-state index in [1.54, 1.807) is 48.8 Å². The molecule has 6 nitrogen and oxygen atoms in total. The molecule has 0 aliphatic carbocycles. The van der Waals surface area contributed by atoms with E-state index in [1.807, 2.05) is 24.3 Å². The molecule has 2 aromatic carbocycles. The van der Waals surface area contributed by atoms with Crippen molar-refractivity contribution in [3.8, 4) is 16.9 Å². The van der Waals surface area contributed by atoms with Gasteiger partial charge in [-0.3, -0.25) is 15.2 Å². The van der Waals surface area contributed by atoms with E-state index in [-0.39, 0.29) is 17.5 Å². The molecule has 140 valence electrons. The Morgan fingerprint density at radius 1 is 1.04 bits per heavy atom. The van der Waals surface area contributed by atoms with Crippen molar-refractivity contribution in [3.05, 3.63) is 89.8 Å². The number of rotatable bonds is 6. The van der Waals surface area contributed by atoms with Crippen LogP contribution in [0, 0.1) is 5.41 Å². The van der Waals surface area contributed by atoms with E-state index in [4.69, 9.17) is 11.1 Å². The highest BCUT2D eigenvalue weighted by Crippen LogP contribution is 2.20. The Bertz CT molecular complexity index is 1010. The van der Waals surface area contributed by atoms with Crippen molar-refractivity contribution in [1.82, 2.24) is 10.3 Å². The molecule has 0 atom stereocenters. The molecule has 28 heavy (non-hydrogen) atoms. The summed E-state index contributed by atoms with van der Waals surface area (Å²) in [6, 6.07) is 15.8. The van der Waals surface area contributed by atoms with Crippen molar-refractivity contribution in [2.45, 2.75) is 0 Å². The number of hydrogen-bond donors (Lipinski definition) is 4. The summed E-state index contributed by atoms with van der Waals surface area (Å²) >= 11 is 0. The molecule has 6 heteroatoms. The van der Waals surface area contributed by atoms with Crippen LogP contribution >= 0.6 is 0 Å². The lowest BCUT2D eigenvalue weighted by Gasteiger charge is -2.05. The number of nitrogens with two attached hydrogens (primary N) is 1. The summed E-state index contributed by atoms with van der Waals surface area (Å²) in [6.07, 6.45) is 6.86. The van der Waals surface area contributed by atoms with Crippen LogP contribution in [0.5, 0.6) is 5.75 Å². The molecule has 0 aliphatic heterocycles. The van der Waals surface area contributed by atoms with Gasteiger partial charge in [0.2, 0.25) is 0 Å². The van der Waals surface area contributed by atoms with Crippen LogP contribution in [0.4, 0.5) is 0 Å². The number of nitrogens with zero attached hydrogens (tertiary/aromatic N) is 1. The van der Waals surface area contributed by atoms with Crippen LogP contribution in [0.15, 0.2) is 73.1 Å². The third-order valence-corrected chi connectivity index (χ3v) is 4.18. The van der Waals surface area contributed by atoms with Crippen LogP contribution in [0.1, 0.15) is 21.5 Å². The number of amides is 1. The molecule has 5 N–H and O–H groups in total. The summed E-state index contributed by atoms with van der Waals surface area (Å²) in [7, 11) is 0. The monoisotopic (exact) mass is 372 g/mol. The van der Waals surface area contributed by atoms with Crippen molar-refractivity contribution in [2.24, 2.45) is 5.73 Å². The number of phenols is 1. The fourth-order valence-electron chi connectivity index (χ4n) is 2.65. The van der Waals surface area contributed by atoms with Crippen molar-refractivity contribution < 1.29 is 9.90 Å². The van der Waals surface area contributed by atoms with Crippen LogP contribution in [-0.4, -0.2) is 28.4 Å². The molecule has 3 rings (SSSR count). The largest absolute Gasteiger partial charge is 0.507 e. The number of aromatic nitrogens is 1. The molecular weight excluding hydrogens is 352 g/mol. The fourth-order valence-corrected chi connectivity index (χ4v) is 2.65. The van der Waals surface area contributed by atoms with Gasteiger partial charge in [-0.25, -0.2) is 0 Å². The van der Waals surface area contributed by atoms with Gasteiger partial charge in [-0.1, -0.05) is 24.3 Å². The molecular formula is C22H20N4O2. The third-order valence-electron chi connectivity index (χ3n) is 4.18. The van der Waals surface area contributed by atoms with Crippen LogP contribution in [0.25, 0.3) is 17.2 Å². The topological polar surface area (TPSA) is 112 Å². The zero-order valence-corrected chi connectivity index (χ0v) is 15.1. The maximum atomic E-state index is 12.3. The van der Waals surface area contributed by atoms with Gasteiger partial charge in [0.05, 0.1) is 0 Å². The number of aromatic hydroxyl groups is 1. The van der Waals surface area contributed by atoms with Gasteiger partial charge in [-0.05, 0) is 53.6 Å². The van der Waals surface area contributed by atoms with E-state index in [9.17, 15) is 9.90 Å². The Kier molecular flexibility index (Phi) is 5.81. The molecule has 0 radical (unpaired) electrons. The second-order valence-electron chi connectivity index (χ2n) is 6.11. The molecule has 0 aliphatic rings. The number of amidine groups is 1. The van der Waals surface area contributed by atoms with Crippen LogP contribution in [0.3, 0.4) is 0 Å². The van der Waals surface area contributed by atoms with Crippen molar-refractivity contribution in [2.75, 3.05) is 6.54 Å². The molecule has 1 aromatic heterocycles. The molecule has 1 heterocycles. The average Bonchev–Trinajstić information content (AvgIpc) is 2.72. The number of benzene rings is 2. The first-order valence-electron chi connectivity index (χ1n) is 8.67. The molecule has 0 saturated carbocycles. The van der Waals surface area contributed by atoms with Crippen LogP contribution in [0.2, 0.25) is 0 Å². The average molecular weight is 372 g/mol. The summed E-state index contributed by atoms with van der Waals surface area (Å²) in [5, 5.41) is 20.1. The number of carbonyl (C=O) groups excluding carboxylic acids is 1. The lowest BCUT2D eigenvalue weighted by atomic mass is 10.0. The third kappa shape index (κ3) is 4.62. The lowest BCUT2D eigenvalue weighted by molar-refractivity contribution is 0.0958. The predicted octanol–water partition coefficient (Wildman–Crippen LogP) is 3.18. The minimum absolute atomic E-state index is 0.0711. The highest BCUT2D eigenvalue weighted by molar-refractivity contribution is 5.96. The number of carbonyl (C=O) groups is 1. The van der Waals surface area contributed by atoms with E-state index < -0.39 is 0 Å². The normalized spacial score (nSPS) is 10.7. The van der Waals surface area contributed by atoms with Gasteiger partial charge in [0, 0.05) is 35.6 Å². The minimum Gasteiger partial charge on any atom is -0.507 e. The first-order chi connectivity index (χ1) is 13.5. The van der Waals surface area contributed by atoms with Gasteiger partial charge in [0.1, 0.15) is 11.6 Å². The van der Waals surface area contributed by atoms with Gasteiger partial charge in [0.15, 0.2) is 0 Å². The Morgan fingerprint density at radius 3 is 2.36 bits per heavy atom. The van der Waals surface area contributed by atoms with E-state index >= 15 is 0 Å². The van der Waals surface area contributed by atoms with Gasteiger partial charge >= 0.3 is 0 Å². The molecule has 0 unspecified atom stereocenters. The summed E-state index contributed by atoms with van der Waals surface area (Å²) in [5.74, 6) is -0.176. The maximum absolute atomic E-state index is 12.3. The molecule has 0 bridgehead atoms. The number of nitrogen functional groups attached to an aromatic ring is 1. The Balaban J connectivity index is 1.59. The highest BCUT2D eigenvalue weighted by Gasteiger charge is 2.05. The van der Waals surface area contributed by atoms with E-state index in [0.29, 0.717) is 23.2 Å². The van der Waals surface area contributed by atoms with Gasteiger partial charge in [-0.2, -0.15) is 0 Å². The number of hydrogen-bond acceptors (Lipinski definition) is 4. The second-order valence-corrected chi connectivity index (χ2v) is 6.11. The molecule has 1 amide bonds. The Morgan fingerprint density at radius 2 is 1.68 bits per heavy atom. The zero-order valence-electron chi connectivity index (χ0n) is 15.1. The minimum atomic E-state index is -0.187. The van der Waals surface area contributed by atoms with E-state index in [1.165, 1.54) is 6.07 Å². The summed E-state index contributed by atoms with van der Waals surface area (Å²) in [4.78, 5) is 16.3. The maximum Gasteiger partial charge on any atom is 0.251 e. The predicted molar refractivity (Wildman–Crippen MR) is 110 cm³/mol. The highest BCUT2D eigenvalue weighted by atomic mass is 16.3. The van der Waals surface area contributed by atoms with Crippen LogP contribution < -0.4 is 11.1 Å². The SMILES string of the molecule is N=C(N)c1ccc(O)c(C=CCNC(=O)c2ccc(-c3ccncc3)cc2)c1. The van der Waals surface area contributed by atoms with E-state index in [2.05, 4.69) is 10.3 Å². The van der Waals surface area contributed by atoms with Gasteiger partial charge in [0.25, 0.3) is 5.91 Å². The van der Waals surface area contributed by atoms with Crippen molar-refractivity contribution >= 4 is 17.8 Å². The van der Waals surface area contributed by atoms with Crippen molar-refractivity contribution in [1.29, 1.82) is 5.41 Å². The first kappa shape index (κ1) is 18.8. The molecule has 0 spiro atoms. The van der Waals surface area contributed by atoms with Gasteiger partial charge in [-0.15, -0.1) is 0 Å². The standard InChI is InChI=1S/C22H20N4O2/c23-21(24)19-7-8-20(27)18(14-19)2-1-11-26-22(28)17-5-3-15(4-6-17)16-9-12-25-13-10-16/h1-10,12-14,27H,11H2,(H3,23,24)(H,26,28). The smallest absolute Gasteiger partial charge is 0.251 e. The summed E-state index contributed by atoms with van der Waals surface area (Å²) < 4.78 is 0. The van der Waals surface area contributed by atoms with Crippen LogP contribution in [-0.2, 0) is 0 Å².